The average molecular weight is 230 g/mol. The van der Waals surface area contributed by atoms with Gasteiger partial charge in [0.05, 0.1) is 0 Å². The van der Waals surface area contributed by atoms with Crippen LogP contribution in [0, 0.1) is 0 Å². The van der Waals surface area contributed by atoms with E-state index in [4.69, 9.17) is 0 Å². The van der Waals surface area contributed by atoms with Crippen molar-refractivity contribution in [2.75, 3.05) is 0 Å². The highest BCUT2D eigenvalue weighted by atomic mass is 16.3. The zero-order valence-corrected chi connectivity index (χ0v) is 9.51. The molecule has 0 spiro atoms. The second-order valence-electron chi connectivity index (χ2n) is 3.83. The SMILES string of the molecule is CCc1c(O)ccc(O)c1-c1ccccc1O. The van der Waals surface area contributed by atoms with E-state index in [0.717, 1.165) is 0 Å². The van der Waals surface area contributed by atoms with Crippen LogP contribution < -0.4 is 0 Å². The molecular formula is C14H14O3. The molecule has 0 radical (unpaired) electrons. The Morgan fingerprint density at radius 2 is 1.47 bits per heavy atom. The number of hydrogen-bond acceptors (Lipinski definition) is 3. The van der Waals surface area contributed by atoms with Crippen molar-refractivity contribution in [1.29, 1.82) is 0 Å². The monoisotopic (exact) mass is 230 g/mol. The van der Waals surface area contributed by atoms with E-state index in [1.54, 1.807) is 24.3 Å². The average Bonchev–Trinajstić information content (AvgIpc) is 2.33. The summed E-state index contributed by atoms with van der Waals surface area (Å²) >= 11 is 0. The van der Waals surface area contributed by atoms with E-state index < -0.39 is 0 Å². The number of benzene rings is 2. The Morgan fingerprint density at radius 1 is 0.824 bits per heavy atom. The Balaban J connectivity index is 2.75. The Bertz CT molecular complexity index is 547. The fourth-order valence-electron chi connectivity index (χ4n) is 1.97. The van der Waals surface area contributed by atoms with Gasteiger partial charge in [-0.2, -0.15) is 0 Å². The molecule has 0 amide bonds. The molecule has 2 rings (SSSR count). The van der Waals surface area contributed by atoms with Crippen molar-refractivity contribution in [2.24, 2.45) is 0 Å². The number of rotatable bonds is 2. The third kappa shape index (κ3) is 1.91. The molecule has 0 atom stereocenters. The lowest BCUT2D eigenvalue weighted by molar-refractivity contribution is 0.454. The molecular weight excluding hydrogens is 216 g/mol. The van der Waals surface area contributed by atoms with Crippen molar-refractivity contribution >= 4 is 0 Å². The molecule has 0 heterocycles. The topological polar surface area (TPSA) is 60.7 Å². The van der Waals surface area contributed by atoms with Crippen LogP contribution in [0.2, 0.25) is 0 Å². The third-order valence-electron chi connectivity index (χ3n) is 2.79. The summed E-state index contributed by atoms with van der Waals surface area (Å²) in [6, 6.07) is 9.64. The summed E-state index contributed by atoms with van der Waals surface area (Å²) in [4.78, 5) is 0. The molecule has 0 aromatic heterocycles. The highest BCUT2D eigenvalue weighted by molar-refractivity contribution is 5.80. The third-order valence-corrected chi connectivity index (χ3v) is 2.79. The minimum absolute atomic E-state index is 0.0566. The van der Waals surface area contributed by atoms with Crippen molar-refractivity contribution in [3.8, 4) is 28.4 Å². The molecule has 2 aromatic rings. The fourth-order valence-corrected chi connectivity index (χ4v) is 1.97. The number of para-hydroxylation sites is 1. The summed E-state index contributed by atoms with van der Waals surface area (Å²) in [6.07, 6.45) is 0.573. The van der Waals surface area contributed by atoms with Gasteiger partial charge in [-0.25, -0.2) is 0 Å². The molecule has 0 aliphatic rings. The van der Waals surface area contributed by atoms with Gasteiger partial charge in [-0.3, -0.25) is 0 Å². The molecule has 2 aromatic carbocycles. The van der Waals surface area contributed by atoms with E-state index in [0.29, 0.717) is 23.1 Å². The van der Waals surface area contributed by atoms with Crippen LogP contribution in [0.25, 0.3) is 11.1 Å². The molecule has 0 saturated carbocycles. The Morgan fingerprint density at radius 3 is 2.12 bits per heavy atom. The van der Waals surface area contributed by atoms with Crippen LogP contribution in [0.5, 0.6) is 17.2 Å². The van der Waals surface area contributed by atoms with Crippen molar-refractivity contribution in [3.05, 3.63) is 42.0 Å². The van der Waals surface area contributed by atoms with Crippen LogP contribution in [0.3, 0.4) is 0 Å². The maximum absolute atomic E-state index is 9.90. The molecule has 17 heavy (non-hydrogen) atoms. The predicted molar refractivity (Wildman–Crippen MR) is 66.3 cm³/mol. The molecule has 0 fully saturated rings. The van der Waals surface area contributed by atoms with Crippen molar-refractivity contribution in [1.82, 2.24) is 0 Å². The molecule has 88 valence electrons. The van der Waals surface area contributed by atoms with Gasteiger partial charge in [0.2, 0.25) is 0 Å². The van der Waals surface area contributed by atoms with Gasteiger partial charge < -0.3 is 15.3 Å². The smallest absolute Gasteiger partial charge is 0.124 e. The predicted octanol–water partition coefficient (Wildman–Crippen LogP) is 3.03. The number of phenols is 3. The van der Waals surface area contributed by atoms with Crippen LogP contribution in [0.15, 0.2) is 36.4 Å². The molecule has 0 saturated heterocycles. The van der Waals surface area contributed by atoms with Gasteiger partial charge in [-0.15, -0.1) is 0 Å². The second kappa shape index (κ2) is 4.37. The van der Waals surface area contributed by atoms with Crippen molar-refractivity contribution < 1.29 is 15.3 Å². The summed E-state index contributed by atoms with van der Waals surface area (Å²) in [5.74, 6) is 0.271. The van der Waals surface area contributed by atoms with Gasteiger partial charge in [0.15, 0.2) is 0 Å². The van der Waals surface area contributed by atoms with E-state index in [2.05, 4.69) is 0 Å². The molecule has 3 N–H and O–H groups in total. The number of aromatic hydroxyl groups is 3. The first kappa shape index (κ1) is 11.3. The standard InChI is InChI=1S/C14H14O3/c1-2-9-12(16)7-8-13(17)14(9)10-5-3-4-6-11(10)15/h3-8,15-17H,2H2,1H3. The minimum atomic E-state index is 0.0566. The van der Waals surface area contributed by atoms with E-state index in [1.807, 2.05) is 6.92 Å². The van der Waals surface area contributed by atoms with E-state index in [1.165, 1.54) is 12.1 Å². The highest BCUT2D eigenvalue weighted by Gasteiger charge is 2.15. The second-order valence-corrected chi connectivity index (χ2v) is 3.83. The molecule has 0 aliphatic carbocycles. The highest BCUT2D eigenvalue weighted by Crippen LogP contribution is 2.41. The first-order valence-corrected chi connectivity index (χ1v) is 5.47. The maximum Gasteiger partial charge on any atom is 0.124 e. The summed E-state index contributed by atoms with van der Waals surface area (Å²) in [7, 11) is 0. The summed E-state index contributed by atoms with van der Waals surface area (Å²) in [6.45, 7) is 1.89. The van der Waals surface area contributed by atoms with Gasteiger partial charge in [0.1, 0.15) is 17.2 Å². The number of phenolic OH excluding ortho intramolecular Hbond substituents is 3. The number of hydrogen-bond donors (Lipinski definition) is 3. The zero-order chi connectivity index (χ0) is 12.4. The van der Waals surface area contributed by atoms with Crippen LogP contribution in [-0.2, 0) is 6.42 Å². The van der Waals surface area contributed by atoms with E-state index in [9.17, 15) is 15.3 Å². The van der Waals surface area contributed by atoms with Gasteiger partial charge in [-0.1, -0.05) is 25.1 Å². The molecule has 0 bridgehead atoms. The fraction of sp³-hybridized carbons (Fsp3) is 0.143. The lowest BCUT2D eigenvalue weighted by atomic mass is 9.95. The Kier molecular flexibility index (Phi) is 2.91. The van der Waals surface area contributed by atoms with Crippen molar-refractivity contribution in [2.45, 2.75) is 13.3 Å². The van der Waals surface area contributed by atoms with E-state index in [-0.39, 0.29) is 17.2 Å². The maximum atomic E-state index is 9.90. The molecule has 0 aliphatic heterocycles. The zero-order valence-electron chi connectivity index (χ0n) is 9.51. The van der Waals surface area contributed by atoms with Gasteiger partial charge in [0.25, 0.3) is 0 Å². The molecule has 3 heteroatoms. The summed E-state index contributed by atoms with van der Waals surface area (Å²) in [5, 5.41) is 29.5. The van der Waals surface area contributed by atoms with Gasteiger partial charge in [0, 0.05) is 16.7 Å². The quantitative estimate of drug-likeness (QED) is 0.695. The largest absolute Gasteiger partial charge is 0.508 e. The normalized spacial score (nSPS) is 10.4. The van der Waals surface area contributed by atoms with Crippen LogP contribution in [0.1, 0.15) is 12.5 Å². The molecule has 0 unspecified atom stereocenters. The van der Waals surface area contributed by atoms with Crippen molar-refractivity contribution in [3.63, 3.8) is 0 Å². The Labute approximate surface area is 99.6 Å². The lowest BCUT2D eigenvalue weighted by Gasteiger charge is -2.13. The van der Waals surface area contributed by atoms with Gasteiger partial charge >= 0.3 is 0 Å². The van der Waals surface area contributed by atoms with E-state index >= 15 is 0 Å². The van der Waals surface area contributed by atoms with Crippen LogP contribution >= 0.6 is 0 Å². The minimum Gasteiger partial charge on any atom is -0.508 e. The van der Waals surface area contributed by atoms with Crippen LogP contribution in [0.4, 0.5) is 0 Å². The Hall–Kier alpha value is -2.16. The van der Waals surface area contributed by atoms with Gasteiger partial charge in [-0.05, 0) is 24.6 Å². The summed E-state index contributed by atoms with van der Waals surface area (Å²) in [5.41, 5.74) is 1.65. The van der Waals surface area contributed by atoms with Crippen LogP contribution in [-0.4, -0.2) is 15.3 Å². The first-order valence-electron chi connectivity index (χ1n) is 5.47. The lowest BCUT2D eigenvalue weighted by Crippen LogP contribution is -1.90. The molecule has 3 nitrogen and oxygen atoms in total. The first-order chi connectivity index (χ1) is 8.15. The summed E-state index contributed by atoms with van der Waals surface area (Å²) < 4.78 is 0.